The van der Waals surface area contributed by atoms with Crippen molar-refractivity contribution in [2.75, 3.05) is 0 Å². The summed E-state index contributed by atoms with van der Waals surface area (Å²) in [5.74, 6) is 0. The predicted octanol–water partition coefficient (Wildman–Crippen LogP) is -0.0153. The zero-order valence-corrected chi connectivity index (χ0v) is 5.69. The molecule has 0 unspecified atom stereocenters. The van der Waals surface area contributed by atoms with E-state index in [1.807, 2.05) is 18.2 Å². The molecule has 0 atom stereocenters. The van der Waals surface area contributed by atoms with Crippen molar-refractivity contribution in [2.45, 2.75) is 0 Å². The minimum absolute atomic E-state index is 0. The van der Waals surface area contributed by atoms with Crippen molar-refractivity contribution in [3.63, 3.8) is 0 Å². The smallest absolute Gasteiger partial charge is 0.429 e. The van der Waals surface area contributed by atoms with Crippen molar-refractivity contribution in [3.8, 4) is 11.1 Å². The molecular weight excluding hydrogens is 143 g/mol. The lowest BCUT2D eigenvalue weighted by molar-refractivity contribution is 0.112. The number of rotatable bonds is 1. The van der Waals surface area contributed by atoms with Gasteiger partial charge >= 0.3 is 7.69 Å². The maximum Gasteiger partial charge on any atom is 0.482 e. The van der Waals surface area contributed by atoms with Crippen molar-refractivity contribution in [3.05, 3.63) is 23.8 Å². The van der Waals surface area contributed by atoms with Gasteiger partial charge in [-0.1, -0.05) is 12.1 Å². The number of benzene rings is 1. The molecule has 1 radical (unpaired) electrons. The molecule has 4 heteroatoms. The first-order chi connectivity index (χ1) is 5.33. The molecule has 0 spiro atoms. The number of fused-ring (bicyclic) bond motifs is 1. The molecule has 2 N–H and O–H groups in total. The van der Waals surface area contributed by atoms with Crippen molar-refractivity contribution in [2.24, 2.45) is 0 Å². The lowest BCUT2D eigenvalue weighted by Crippen LogP contribution is -1.75. The summed E-state index contributed by atoms with van der Waals surface area (Å²) in [5.41, 5.74) is 3.20. The average molecular weight is 149 g/mol. The Morgan fingerprint density at radius 2 is 2.00 bits per heavy atom. The van der Waals surface area contributed by atoms with Gasteiger partial charge in [-0.3, -0.25) is 4.79 Å². The molecule has 0 bridgehead atoms. The molecule has 2 rings (SSSR count). The van der Waals surface area contributed by atoms with Crippen LogP contribution in [-0.2, 0) is 0 Å². The maximum atomic E-state index is 10.1. The highest BCUT2D eigenvalue weighted by Gasteiger charge is 2.15. The Hall–Kier alpha value is -1.13. The van der Waals surface area contributed by atoms with Gasteiger partial charge in [0.05, 0.1) is 0 Å². The first-order valence-corrected chi connectivity index (χ1v) is 3.03. The molecule has 0 saturated carbocycles. The van der Waals surface area contributed by atoms with Gasteiger partial charge in [0.2, 0.25) is 0 Å². The van der Waals surface area contributed by atoms with E-state index in [-0.39, 0.29) is 7.69 Å². The molecule has 2 aliphatic rings. The van der Waals surface area contributed by atoms with Crippen LogP contribution in [0.5, 0.6) is 0 Å². The molecular formula is C7H6BO3. The number of carbonyl (C=O) groups excluding carboxylic acids is 1. The van der Waals surface area contributed by atoms with Gasteiger partial charge in [-0.15, -0.1) is 0 Å². The van der Waals surface area contributed by atoms with Crippen LogP contribution in [0.2, 0.25) is 0 Å². The van der Waals surface area contributed by atoms with Gasteiger partial charge in [-0.25, -0.2) is 0 Å². The van der Waals surface area contributed by atoms with Gasteiger partial charge in [-0.2, -0.15) is 0 Å². The molecule has 0 aromatic rings. The number of hydrogen-bond acceptors (Lipinski definition) is 3. The molecule has 0 aliphatic heterocycles. The average Bonchev–Trinajstić information content (AvgIpc) is 2.66. The van der Waals surface area contributed by atoms with Crippen LogP contribution < -0.4 is 0 Å². The quantitative estimate of drug-likeness (QED) is 0.442. The molecule has 0 saturated heterocycles. The molecule has 3 nitrogen and oxygen atoms in total. The topological polar surface area (TPSA) is 57.5 Å². The zero-order valence-electron chi connectivity index (χ0n) is 5.69. The Bertz CT molecular complexity index is 272. The molecule has 0 aromatic carbocycles. The Balaban J connectivity index is 0.000000179. The van der Waals surface area contributed by atoms with Gasteiger partial charge in [0, 0.05) is 5.56 Å². The lowest BCUT2D eigenvalue weighted by atomic mass is 10.3. The number of hydrogen-bond donors (Lipinski definition) is 2. The van der Waals surface area contributed by atoms with E-state index in [4.69, 9.17) is 10.0 Å². The number of carbonyl (C=O) groups is 1. The summed E-state index contributed by atoms with van der Waals surface area (Å²) < 4.78 is 0. The first-order valence-electron chi connectivity index (χ1n) is 3.03. The van der Waals surface area contributed by atoms with Gasteiger partial charge in [0.25, 0.3) is 0 Å². The monoisotopic (exact) mass is 149 g/mol. The Labute approximate surface area is 64.6 Å². The Kier molecular flexibility index (Phi) is 2.41. The van der Waals surface area contributed by atoms with Gasteiger partial charge in [0.1, 0.15) is 0 Å². The second-order valence-corrected chi connectivity index (χ2v) is 2.04. The highest BCUT2D eigenvalue weighted by Crippen LogP contribution is 2.36. The van der Waals surface area contributed by atoms with E-state index < -0.39 is 0 Å². The van der Waals surface area contributed by atoms with Crippen LogP contribution >= 0.6 is 0 Å². The highest BCUT2D eigenvalue weighted by molar-refractivity contribution is 6.13. The fraction of sp³-hybridized carbons (Fsp3) is 0. The summed E-state index contributed by atoms with van der Waals surface area (Å²) in [7, 11) is 0. The van der Waals surface area contributed by atoms with E-state index in [0.29, 0.717) is 0 Å². The lowest BCUT2D eigenvalue weighted by Gasteiger charge is -1.71. The highest BCUT2D eigenvalue weighted by atomic mass is 16.4. The normalized spacial score (nSPS) is 9.27. The SMILES string of the molecule is O=Cc1ccc2cc1-2.O[B]O. The molecule has 2 aliphatic carbocycles. The molecule has 11 heavy (non-hydrogen) atoms. The molecule has 0 amide bonds. The van der Waals surface area contributed by atoms with Crippen molar-refractivity contribution < 1.29 is 14.8 Å². The largest absolute Gasteiger partial charge is 0.482 e. The third-order valence-corrected chi connectivity index (χ3v) is 1.41. The Morgan fingerprint density at radius 3 is 2.18 bits per heavy atom. The summed E-state index contributed by atoms with van der Waals surface area (Å²) in [6, 6.07) is 5.81. The second kappa shape index (κ2) is 3.32. The van der Waals surface area contributed by atoms with Gasteiger partial charge < -0.3 is 10.0 Å². The van der Waals surface area contributed by atoms with Crippen LogP contribution in [0.4, 0.5) is 0 Å². The Morgan fingerprint density at radius 1 is 1.36 bits per heavy atom. The minimum atomic E-state index is 0. The molecule has 0 fully saturated rings. The van der Waals surface area contributed by atoms with Crippen LogP contribution in [0.25, 0.3) is 11.1 Å². The van der Waals surface area contributed by atoms with E-state index in [1.54, 1.807) is 0 Å². The van der Waals surface area contributed by atoms with Gasteiger partial charge in [0.15, 0.2) is 6.29 Å². The third-order valence-electron chi connectivity index (χ3n) is 1.41. The molecule has 55 valence electrons. The minimum Gasteiger partial charge on any atom is -0.429 e. The van der Waals surface area contributed by atoms with E-state index in [9.17, 15) is 4.79 Å². The third kappa shape index (κ3) is 1.66. The number of aldehydes is 1. The van der Waals surface area contributed by atoms with Crippen LogP contribution in [0, 0.1) is 0 Å². The van der Waals surface area contributed by atoms with Crippen molar-refractivity contribution >= 4 is 14.0 Å². The standard InChI is InChI=1S/C7H4O.BH2O2/c8-4-6-2-1-5-3-7(5)6;2-1-3/h1-4H;2-3H. The maximum absolute atomic E-state index is 10.1. The second-order valence-electron chi connectivity index (χ2n) is 2.04. The molecule has 0 aromatic heterocycles. The summed E-state index contributed by atoms with van der Waals surface area (Å²) in [6.07, 6.45) is 0.891. The predicted molar refractivity (Wildman–Crippen MR) is 41.0 cm³/mol. The fourth-order valence-corrected chi connectivity index (χ4v) is 0.879. The summed E-state index contributed by atoms with van der Waals surface area (Å²) >= 11 is 0. The summed E-state index contributed by atoms with van der Waals surface area (Å²) in [6.45, 7) is 0. The van der Waals surface area contributed by atoms with Crippen LogP contribution in [0.3, 0.4) is 0 Å². The summed E-state index contributed by atoms with van der Waals surface area (Å²) in [5, 5.41) is 14.0. The van der Waals surface area contributed by atoms with E-state index in [2.05, 4.69) is 0 Å². The molecule has 0 heterocycles. The van der Waals surface area contributed by atoms with Gasteiger partial charge in [-0.05, 0) is 17.2 Å². The van der Waals surface area contributed by atoms with E-state index in [1.165, 1.54) is 5.56 Å². The fourth-order valence-electron chi connectivity index (χ4n) is 0.879. The van der Waals surface area contributed by atoms with E-state index in [0.717, 1.165) is 17.4 Å². The van der Waals surface area contributed by atoms with E-state index >= 15 is 0 Å². The summed E-state index contributed by atoms with van der Waals surface area (Å²) in [4.78, 5) is 10.1. The van der Waals surface area contributed by atoms with Crippen LogP contribution in [0.1, 0.15) is 10.4 Å². The zero-order chi connectivity index (χ0) is 8.27. The first kappa shape index (κ1) is 7.98. The van der Waals surface area contributed by atoms with Crippen molar-refractivity contribution in [1.82, 2.24) is 0 Å². The van der Waals surface area contributed by atoms with Crippen LogP contribution in [-0.4, -0.2) is 24.0 Å². The van der Waals surface area contributed by atoms with Crippen molar-refractivity contribution in [1.29, 1.82) is 0 Å². The van der Waals surface area contributed by atoms with Crippen LogP contribution in [0.15, 0.2) is 18.2 Å².